The Morgan fingerprint density at radius 2 is 2.08 bits per heavy atom. The highest BCUT2D eigenvalue weighted by Crippen LogP contribution is 2.05. The molecule has 13 heavy (non-hydrogen) atoms. The van der Waals surface area contributed by atoms with Crippen LogP contribution >= 0.6 is 0 Å². The Morgan fingerprint density at radius 3 is 2.54 bits per heavy atom. The fourth-order valence-electron chi connectivity index (χ4n) is 1.12. The monoisotopic (exact) mass is 182 g/mol. The molecule has 0 aliphatic heterocycles. The van der Waals surface area contributed by atoms with Crippen molar-refractivity contribution in [3.63, 3.8) is 0 Å². The number of hydrogen-bond acceptors (Lipinski definition) is 3. The molecule has 1 rings (SSSR count). The van der Waals surface area contributed by atoms with Crippen molar-refractivity contribution in [2.24, 2.45) is 0 Å². The molecule has 5 heteroatoms. The van der Waals surface area contributed by atoms with Crippen LogP contribution in [0.3, 0.4) is 0 Å². The molecule has 0 spiro atoms. The third kappa shape index (κ3) is 1.94. The summed E-state index contributed by atoms with van der Waals surface area (Å²) in [5.41, 5.74) is 0.124. The Labute approximate surface area is 75.0 Å². The van der Waals surface area contributed by atoms with Crippen LogP contribution in [0.25, 0.3) is 0 Å². The highest BCUT2D eigenvalue weighted by atomic mass is 19.1. The summed E-state index contributed by atoms with van der Waals surface area (Å²) in [5, 5.41) is 17.6. The lowest BCUT2D eigenvalue weighted by Gasteiger charge is -2.05. The average Bonchev–Trinajstić information content (AvgIpc) is 2.02. The minimum atomic E-state index is -1.82. The summed E-state index contributed by atoms with van der Waals surface area (Å²) < 4.78 is 13.0. The van der Waals surface area contributed by atoms with Crippen LogP contribution in [0.4, 0.5) is 4.39 Å². The maximum absolute atomic E-state index is 13.0. The SMILES string of the molecule is Cc1cc(F)c(C=O)c(B(O)O)c1. The first-order chi connectivity index (χ1) is 6.06. The number of benzene rings is 1. The molecule has 0 aromatic heterocycles. The van der Waals surface area contributed by atoms with Crippen LogP contribution in [0.1, 0.15) is 15.9 Å². The lowest BCUT2D eigenvalue weighted by atomic mass is 9.76. The summed E-state index contributed by atoms with van der Waals surface area (Å²) in [7, 11) is -1.82. The third-order valence-corrected chi connectivity index (χ3v) is 1.70. The van der Waals surface area contributed by atoms with Gasteiger partial charge in [-0.25, -0.2) is 4.39 Å². The van der Waals surface area contributed by atoms with E-state index in [1.165, 1.54) is 6.07 Å². The molecule has 0 amide bonds. The molecule has 0 radical (unpaired) electrons. The molecule has 0 aliphatic rings. The van der Waals surface area contributed by atoms with Crippen LogP contribution in [0.2, 0.25) is 0 Å². The highest BCUT2D eigenvalue weighted by Gasteiger charge is 2.19. The molecule has 0 aliphatic carbocycles. The molecule has 0 unspecified atom stereocenters. The first-order valence-electron chi connectivity index (χ1n) is 3.67. The minimum Gasteiger partial charge on any atom is -0.423 e. The van der Waals surface area contributed by atoms with Crippen molar-refractivity contribution in [3.05, 3.63) is 29.1 Å². The summed E-state index contributed by atoms with van der Waals surface area (Å²) >= 11 is 0. The van der Waals surface area contributed by atoms with E-state index in [9.17, 15) is 9.18 Å². The smallest absolute Gasteiger partial charge is 0.423 e. The van der Waals surface area contributed by atoms with Gasteiger partial charge in [-0.1, -0.05) is 6.07 Å². The number of rotatable bonds is 2. The molecule has 0 bridgehead atoms. The van der Waals surface area contributed by atoms with Crippen LogP contribution in [-0.2, 0) is 0 Å². The van der Waals surface area contributed by atoms with E-state index in [4.69, 9.17) is 10.0 Å². The van der Waals surface area contributed by atoms with E-state index in [-0.39, 0.29) is 17.3 Å². The zero-order chi connectivity index (χ0) is 10.0. The van der Waals surface area contributed by atoms with Crippen LogP contribution in [0, 0.1) is 12.7 Å². The molecule has 1 aromatic carbocycles. The maximum Gasteiger partial charge on any atom is 0.489 e. The van der Waals surface area contributed by atoms with Gasteiger partial charge in [0, 0.05) is 5.56 Å². The lowest BCUT2D eigenvalue weighted by molar-refractivity contribution is 0.112. The van der Waals surface area contributed by atoms with Gasteiger partial charge < -0.3 is 10.0 Å². The second kappa shape index (κ2) is 3.68. The minimum absolute atomic E-state index is 0.104. The Kier molecular flexibility index (Phi) is 2.80. The van der Waals surface area contributed by atoms with Gasteiger partial charge in [0.05, 0.1) is 0 Å². The second-order valence-corrected chi connectivity index (χ2v) is 2.74. The van der Waals surface area contributed by atoms with Crippen molar-refractivity contribution >= 4 is 18.9 Å². The van der Waals surface area contributed by atoms with Gasteiger partial charge in [0.25, 0.3) is 0 Å². The molecule has 68 valence electrons. The van der Waals surface area contributed by atoms with E-state index in [1.54, 1.807) is 6.92 Å². The van der Waals surface area contributed by atoms with Crippen molar-refractivity contribution in [1.82, 2.24) is 0 Å². The number of carbonyl (C=O) groups is 1. The van der Waals surface area contributed by atoms with Gasteiger partial charge in [-0.15, -0.1) is 0 Å². The first-order valence-corrected chi connectivity index (χ1v) is 3.67. The summed E-state index contributed by atoms with van der Waals surface area (Å²) in [6.45, 7) is 1.60. The van der Waals surface area contributed by atoms with Crippen LogP contribution < -0.4 is 5.46 Å². The molecule has 0 fully saturated rings. The topological polar surface area (TPSA) is 57.5 Å². The molecule has 0 saturated heterocycles. The van der Waals surface area contributed by atoms with E-state index < -0.39 is 12.9 Å². The average molecular weight is 182 g/mol. The number of aryl methyl sites for hydroxylation is 1. The Bertz CT molecular complexity index is 338. The standard InChI is InChI=1S/C8H8BFO3/c1-5-2-7(9(12)13)6(4-11)8(10)3-5/h2-4,12-13H,1H3. The molecule has 0 saturated carbocycles. The molecular weight excluding hydrogens is 174 g/mol. The normalized spacial score (nSPS) is 9.85. The van der Waals surface area contributed by atoms with Crippen molar-refractivity contribution in [2.75, 3.05) is 0 Å². The van der Waals surface area contributed by atoms with Gasteiger partial charge in [-0.05, 0) is 24.0 Å². The zero-order valence-electron chi connectivity index (χ0n) is 6.99. The van der Waals surface area contributed by atoms with Gasteiger partial charge >= 0.3 is 7.12 Å². The zero-order valence-corrected chi connectivity index (χ0v) is 6.99. The van der Waals surface area contributed by atoms with Crippen molar-refractivity contribution < 1.29 is 19.2 Å². The molecule has 2 N–H and O–H groups in total. The first kappa shape index (κ1) is 9.89. The fourth-order valence-corrected chi connectivity index (χ4v) is 1.12. The summed E-state index contributed by atoms with van der Waals surface area (Å²) in [5.74, 6) is -0.738. The number of aldehydes is 1. The predicted molar refractivity (Wildman–Crippen MR) is 46.4 cm³/mol. The number of halogens is 1. The predicted octanol–water partition coefficient (Wildman–Crippen LogP) is -0.374. The van der Waals surface area contributed by atoms with E-state index >= 15 is 0 Å². The summed E-state index contributed by atoms with van der Waals surface area (Å²) in [6, 6.07) is 2.52. The van der Waals surface area contributed by atoms with Crippen molar-refractivity contribution in [3.8, 4) is 0 Å². The quantitative estimate of drug-likeness (QED) is 0.484. The van der Waals surface area contributed by atoms with Crippen LogP contribution in [-0.4, -0.2) is 23.5 Å². The van der Waals surface area contributed by atoms with E-state index in [2.05, 4.69) is 0 Å². The third-order valence-electron chi connectivity index (χ3n) is 1.70. The van der Waals surface area contributed by atoms with E-state index in [0.717, 1.165) is 6.07 Å². The fraction of sp³-hybridized carbons (Fsp3) is 0.125. The Morgan fingerprint density at radius 1 is 1.46 bits per heavy atom. The van der Waals surface area contributed by atoms with Gasteiger partial charge in [0.1, 0.15) is 5.82 Å². The van der Waals surface area contributed by atoms with E-state index in [0.29, 0.717) is 5.56 Å². The Hall–Kier alpha value is -1.20. The summed E-state index contributed by atoms with van der Waals surface area (Å²) in [6.07, 6.45) is 0.267. The van der Waals surface area contributed by atoms with Crippen LogP contribution in [0.15, 0.2) is 12.1 Å². The van der Waals surface area contributed by atoms with E-state index in [1.807, 2.05) is 0 Å². The molecular formula is C8H8BFO3. The molecule has 0 atom stereocenters. The highest BCUT2D eigenvalue weighted by molar-refractivity contribution is 6.60. The second-order valence-electron chi connectivity index (χ2n) is 2.74. The van der Waals surface area contributed by atoms with Gasteiger partial charge in [-0.2, -0.15) is 0 Å². The number of carbonyl (C=O) groups excluding carboxylic acids is 1. The van der Waals surface area contributed by atoms with Gasteiger partial charge in [-0.3, -0.25) is 4.79 Å². The molecule has 3 nitrogen and oxygen atoms in total. The summed E-state index contributed by atoms with van der Waals surface area (Å²) in [4.78, 5) is 10.4. The van der Waals surface area contributed by atoms with Gasteiger partial charge in [0.15, 0.2) is 6.29 Å². The molecule has 0 heterocycles. The Balaban J connectivity index is 3.38. The van der Waals surface area contributed by atoms with Crippen molar-refractivity contribution in [2.45, 2.75) is 6.92 Å². The largest absolute Gasteiger partial charge is 0.489 e. The van der Waals surface area contributed by atoms with Crippen molar-refractivity contribution in [1.29, 1.82) is 0 Å². The maximum atomic E-state index is 13.0. The molecule has 1 aromatic rings. The van der Waals surface area contributed by atoms with Crippen LogP contribution in [0.5, 0.6) is 0 Å². The number of hydrogen-bond donors (Lipinski definition) is 2. The van der Waals surface area contributed by atoms with Gasteiger partial charge in [0.2, 0.25) is 0 Å². The lowest BCUT2D eigenvalue weighted by Crippen LogP contribution is -2.34.